The number of piperidine rings is 1. The minimum absolute atomic E-state index is 0.161. The van der Waals surface area contributed by atoms with E-state index >= 15 is 0 Å². The van der Waals surface area contributed by atoms with Gasteiger partial charge in [0.25, 0.3) is 0 Å². The van der Waals surface area contributed by atoms with Crippen LogP contribution in [0.15, 0.2) is 16.7 Å². The first-order valence-corrected chi connectivity index (χ1v) is 9.21. The lowest BCUT2D eigenvalue weighted by Crippen LogP contribution is -2.61. The van der Waals surface area contributed by atoms with Crippen LogP contribution in [0.1, 0.15) is 63.2 Å². The zero-order chi connectivity index (χ0) is 18.4. The van der Waals surface area contributed by atoms with Crippen molar-refractivity contribution < 1.29 is 4.52 Å². The normalized spacial score (nSPS) is 20.1. The molecule has 3 rings (SSSR count). The molecule has 0 radical (unpaired) electrons. The van der Waals surface area contributed by atoms with E-state index in [4.69, 9.17) is 4.52 Å². The van der Waals surface area contributed by atoms with Crippen LogP contribution in [-0.2, 0) is 6.54 Å². The van der Waals surface area contributed by atoms with Crippen molar-refractivity contribution in [2.24, 2.45) is 0 Å². The molecule has 1 aliphatic rings. The second-order valence-corrected chi connectivity index (χ2v) is 8.91. The van der Waals surface area contributed by atoms with Crippen molar-refractivity contribution in [2.45, 2.75) is 85.0 Å². The topological polar surface area (TPSA) is 55.0 Å². The Labute approximate surface area is 151 Å². The third-order valence-electron chi connectivity index (χ3n) is 5.15. The van der Waals surface area contributed by atoms with Crippen LogP contribution in [-0.4, -0.2) is 26.8 Å². The molecule has 138 valence electrons. The molecule has 3 heterocycles. The van der Waals surface area contributed by atoms with Crippen molar-refractivity contribution in [3.8, 4) is 5.82 Å². The van der Waals surface area contributed by atoms with E-state index in [1.54, 1.807) is 0 Å². The molecular weight excluding hydrogens is 312 g/mol. The summed E-state index contributed by atoms with van der Waals surface area (Å²) in [5.74, 6) is 1.70. The van der Waals surface area contributed by atoms with Crippen LogP contribution in [0, 0.1) is 20.8 Å². The van der Waals surface area contributed by atoms with Crippen LogP contribution in [0.2, 0.25) is 0 Å². The lowest BCUT2D eigenvalue weighted by molar-refractivity contribution is 0.145. The number of nitrogens with zero attached hydrogens (tertiary/aromatic N) is 2. The fourth-order valence-electron chi connectivity index (χ4n) is 4.54. The van der Waals surface area contributed by atoms with Crippen molar-refractivity contribution >= 4 is 0 Å². The van der Waals surface area contributed by atoms with Gasteiger partial charge in [-0.2, -0.15) is 0 Å². The summed E-state index contributed by atoms with van der Waals surface area (Å²) in [5.41, 5.74) is 4.06. The van der Waals surface area contributed by atoms with Gasteiger partial charge in [0.05, 0.1) is 0 Å². The Kier molecular flexibility index (Phi) is 4.58. The predicted molar refractivity (Wildman–Crippen MR) is 101 cm³/mol. The Hall–Kier alpha value is -1.59. The zero-order valence-corrected chi connectivity index (χ0v) is 16.7. The van der Waals surface area contributed by atoms with Crippen LogP contribution in [0.5, 0.6) is 0 Å². The third-order valence-corrected chi connectivity index (χ3v) is 5.15. The molecule has 0 unspecified atom stereocenters. The van der Waals surface area contributed by atoms with Crippen molar-refractivity contribution in [3.63, 3.8) is 0 Å². The summed E-state index contributed by atoms with van der Waals surface area (Å²) in [5, 5.41) is 11.7. The monoisotopic (exact) mass is 344 g/mol. The first kappa shape index (κ1) is 18.2. The molecule has 0 atom stereocenters. The standard InChI is InChI=1S/C20H32N4O/c1-13-8-16(15(3)24(13)18-9-14(2)25-22-18)12-21-17-10-19(4,5)23-20(6,7)11-17/h8-9,17,21,23H,10-12H2,1-7H3. The Balaban J connectivity index is 1.74. The molecule has 2 aromatic rings. The molecule has 0 spiro atoms. The maximum Gasteiger partial charge on any atom is 0.180 e. The zero-order valence-electron chi connectivity index (χ0n) is 16.7. The van der Waals surface area contributed by atoms with Crippen LogP contribution in [0.25, 0.3) is 5.82 Å². The second kappa shape index (κ2) is 6.29. The second-order valence-electron chi connectivity index (χ2n) is 8.91. The van der Waals surface area contributed by atoms with E-state index in [0.29, 0.717) is 6.04 Å². The minimum atomic E-state index is 0.161. The number of hydrogen-bond donors (Lipinski definition) is 2. The highest BCUT2D eigenvalue weighted by Gasteiger charge is 2.37. The Morgan fingerprint density at radius 2 is 1.80 bits per heavy atom. The van der Waals surface area contributed by atoms with Gasteiger partial charge in [-0.1, -0.05) is 5.16 Å². The van der Waals surface area contributed by atoms with Gasteiger partial charge in [0.2, 0.25) is 0 Å². The quantitative estimate of drug-likeness (QED) is 0.886. The third kappa shape index (κ3) is 3.98. The molecule has 0 aliphatic carbocycles. The van der Waals surface area contributed by atoms with E-state index in [-0.39, 0.29) is 11.1 Å². The molecule has 5 nitrogen and oxygen atoms in total. The fraction of sp³-hybridized carbons (Fsp3) is 0.650. The number of rotatable bonds is 4. The van der Waals surface area contributed by atoms with E-state index in [0.717, 1.165) is 31.0 Å². The summed E-state index contributed by atoms with van der Waals surface area (Å²) in [6, 6.07) is 4.75. The number of nitrogens with one attached hydrogen (secondary N) is 2. The number of aryl methyl sites for hydroxylation is 2. The molecule has 2 N–H and O–H groups in total. The number of aromatic nitrogens is 2. The molecular formula is C20H32N4O. The van der Waals surface area contributed by atoms with Crippen LogP contribution in [0.3, 0.4) is 0 Å². The van der Waals surface area contributed by atoms with Gasteiger partial charge in [-0.15, -0.1) is 0 Å². The lowest BCUT2D eigenvalue weighted by atomic mass is 9.79. The summed E-state index contributed by atoms with van der Waals surface area (Å²) >= 11 is 0. The number of hydrogen-bond acceptors (Lipinski definition) is 4. The van der Waals surface area contributed by atoms with Crippen molar-refractivity contribution in [3.05, 3.63) is 34.8 Å². The highest BCUT2D eigenvalue weighted by molar-refractivity contribution is 5.36. The van der Waals surface area contributed by atoms with E-state index < -0.39 is 0 Å². The van der Waals surface area contributed by atoms with Crippen LogP contribution in [0.4, 0.5) is 0 Å². The van der Waals surface area contributed by atoms with Gasteiger partial charge in [-0.3, -0.25) is 0 Å². The Morgan fingerprint density at radius 1 is 1.16 bits per heavy atom. The van der Waals surface area contributed by atoms with Gasteiger partial charge >= 0.3 is 0 Å². The molecule has 1 saturated heterocycles. The van der Waals surface area contributed by atoms with Crippen LogP contribution < -0.4 is 10.6 Å². The van der Waals surface area contributed by atoms with Gasteiger partial charge in [0.1, 0.15) is 5.76 Å². The average Bonchev–Trinajstić information content (AvgIpc) is 2.97. The van der Waals surface area contributed by atoms with E-state index in [1.807, 2.05) is 13.0 Å². The summed E-state index contributed by atoms with van der Waals surface area (Å²) in [6.45, 7) is 16.3. The summed E-state index contributed by atoms with van der Waals surface area (Å²) in [7, 11) is 0. The Morgan fingerprint density at radius 3 is 2.36 bits per heavy atom. The van der Waals surface area contributed by atoms with Gasteiger partial charge in [-0.05, 0) is 72.9 Å². The lowest BCUT2D eigenvalue weighted by Gasteiger charge is -2.46. The molecule has 5 heteroatoms. The molecule has 1 fully saturated rings. The van der Waals surface area contributed by atoms with Gasteiger partial charge in [-0.25, -0.2) is 0 Å². The van der Waals surface area contributed by atoms with Gasteiger partial charge in [0, 0.05) is 41.1 Å². The molecule has 0 aromatic carbocycles. The summed E-state index contributed by atoms with van der Waals surface area (Å²) in [6.07, 6.45) is 2.27. The highest BCUT2D eigenvalue weighted by atomic mass is 16.5. The van der Waals surface area contributed by atoms with Crippen molar-refractivity contribution in [1.29, 1.82) is 0 Å². The minimum Gasteiger partial charge on any atom is -0.360 e. The molecule has 1 aliphatic heterocycles. The summed E-state index contributed by atoms with van der Waals surface area (Å²) < 4.78 is 7.42. The smallest absolute Gasteiger partial charge is 0.180 e. The first-order valence-electron chi connectivity index (χ1n) is 9.21. The van der Waals surface area contributed by atoms with Gasteiger partial charge in [0.15, 0.2) is 5.82 Å². The molecule has 25 heavy (non-hydrogen) atoms. The van der Waals surface area contributed by atoms with Crippen LogP contribution >= 0.6 is 0 Å². The predicted octanol–water partition coefficient (Wildman–Crippen LogP) is 3.79. The van der Waals surface area contributed by atoms with E-state index in [1.165, 1.54) is 17.0 Å². The van der Waals surface area contributed by atoms with E-state index in [2.05, 4.69) is 68.0 Å². The SMILES string of the molecule is Cc1cc(-n2c(C)cc(CNC3CC(C)(C)NC(C)(C)C3)c2C)no1. The molecule has 0 amide bonds. The maximum atomic E-state index is 5.25. The average molecular weight is 345 g/mol. The fourth-order valence-corrected chi connectivity index (χ4v) is 4.54. The highest BCUT2D eigenvalue weighted by Crippen LogP contribution is 2.29. The summed E-state index contributed by atoms with van der Waals surface area (Å²) in [4.78, 5) is 0. The largest absolute Gasteiger partial charge is 0.360 e. The van der Waals surface area contributed by atoms with Crippen molar-refractivity contribution in [1.82, 2.24) is 20.4 Å². The molecule has 0 saturated carbocycles. The van der Waals surface area contributed by atoms with Gasteiger partial charge < -0.3 is 19.7 Å². The van der Waals surface area contributed by atoms with E-state index in [9.17, 15) is 0 Å². The molecule has 2 aromatic heterocycles. The van der Waals surface area contributed by atoms with Crippen molar-refractivity contribution in [2.75, 3.05) is 0 Å². The molecule has 0 bridgehead atoms. The first-order chi connectivity index (χ1) is 11.6. The Bertz CT molecular complexity index is 738. The maximum absolute atomic E-state index is 5.25.